The van der Waals surface area contributed by atoms with Crippen LogP contribution in [0.5, 0.6) is 0 Å². The van der Waals surface area contributed by atoms with Crippen molar-refractivity contribution in [3.05, 3.63) is 65.2 Å². The van der Waals surface area contributed by atoms with Crippen molar-refractivity contribution in [1.82, 2.24) is 4.90 Å². The Morgan fingerprint density at radius 2 is 1.68 bits per heavy atom. The lowest BCUT2D eigenvalue weighted by molar-refractivity contribution is 0.269. The van der Waals surface area contributed by atoms with Gasteiger partial charge in [0.05, 0.1) is 10.6 Å². The third kappa shape index (κ3) is 3.39. The van der Waals surface area contributed by atoms with Crippen LogP contribution in [0.3, 0.4) is 0 Å². The first kappa shape index (κ1) is 15.3. The smallest absolute Gasteiger partial charge is 0.179 e. The third-order valence-electron chi connectivity index (χ3n) is 4.27. The molecule has 3 rings (SSSR count). The van der Waals surface area contributed by atoms with Gasteiger partial charge in [0, 0.05) is 19.6 Å². The lowest BCUT2D eigenvalue weighted by Gasteiger charge is -2.28. The predicted molar refractivity (Wildman–Crippen MR) is 88.7 cm³/mol. The first-order valence-electron chi connectivity index (χ1n) is 7.63. The summed E-state index contributed by atoms with van der Waals surface area (Å²) in [6, 6.07) is 15.5. The van der Waals surface area contributed by atoms with E-state index >= 15 is 0 Å². The lowest BCUT2D eigenvalue weighted by Crippen LogP contribution is -2.34. The van der Waals surface area contributed by atoms with Crippen molar-refractivity contribution in [2.24, 2.45) is 0 Å². The molecule has 0 aliphatic carbocycles. The van der Waals surface area contributed by atoms with Crippen LogP contribution in [0.2, 0.25) is 0 Å². The van der Waals surface area contributed by atoms with Crippen LogP contribution in [0.15, 0.2) is 53.4 Å². The molecule has 1 aliphatic heterocycles. The number of hydrogen-bond donors (Lipinski definition) is 0. The number of fused-ring (bicyclic) bond motifs is 1. The van der Waals surface area contributed by atoms with Crippen LogP contribution < -0.4 is 0 Å². The summed E-state index contributed by atoms with van der Waals surface area (Å²) in [5, 5.41) is 0. The fourth-order valence-electron chi connectivity index (χ4n) is 2.86. The fourth-order valence-corrected chi connectivity index (χ4v) is 4.14. The van der Waals surface area contributed by atoms with E-state index in [4.69, 9.17) is 0 Å². The standard InChI is InChI=1S/C18H21NO2S/c1-15-6-8-18(9-7-15)22(20,21)13-12-19-11-10-16-4-2-3-5-17(16)14-19/h2-9H,10-14H2,1H3. The van der Waals surface area contributed by atoms with E-state index in [0.29, 0.717) is 11.4 Å². The molecule has 0 unspecified atom stereocenters. The molecule has 0 radical (unpaired) electrons. The third-order valence-corrected chi connectivity index (χ3v) is 5.98. The summed E-state index contributed by atoms with van der Waals surface area (Å²) in [5.41, 5.74) is 3.79. The molecule has 0 aromatic heterocycles. The fraction of sp³-hybridized carbons (Fsp3) is 0.333. The highest BCUT2D eigenvalue weighted by molar-refractivity contribution is 7.91. The van der Waals surface area contributed by atoms with Gasteiger partial charge in [0.25, 0.3) is 0 Å². The average Bonchev–Trinajstić information content (AvgIpc) is 2.53. The molecular formula is C18H21NO2S. The number of sulfone groups is 1. The second kappa shape index (κ2) is 6.23. The Hall–Kier alpha value is -1.65. The second-order valence-corrected chi connectivity index (χ2v) is 8.04. The van der Waals surface area contributed by atoms with E-state index in [1.165, 1.54) is 11.1 Å². The molecule has 116 valence electrons. The van der Waals surface area contributed by atoms with Crippen molar-refractivity contribution in [3.8, 4) is 0 Å². The largest absolute Gasteiger partial charge is 0.298 e. The van der Waals surface area contributed by atoms with E-state index in [9.17, 15) is 8.42 Å². The molecule has 4 heteroatoms. The summed E-state index contributed by atoms with van der Waals surface area (Å²) in [5.74, 6) is 0.179. The molecule has 2 aromatic carbocycles. The molecule has 0 saturated carbocycles. The van der Waals surface area contributed by atoms with E-state index in [1.807, 2.05) is 25.1 Å². The van der Waals surface area contributed by atoms with E-state index < -0.39 is 9.84 Å². The maximum absolute atomic E-state index is 12.4. The zero-order valence-corrected chi connectivity index (χ0v) is 13.6. The maximum Gasteiger partial charge on any atom is 0.179 e. The van der Waals surface area contributed by atoms with Crippen LogP contribution in [-0.2, 0) is 22.8 Å². The van der Waals surface area contributed by atoms with Crippen LogP contribution in [0, 0.1) is 6.92 Å². The topological polar surface area (TPSA) is 37.4 Å². The SMILES string of the molecule is Cc1ccc(S(=O)(=O)CCN2CCc3ccccc3C2)cc1. The van der Waals surface area contributed by atoms with Crippen LogP contribution in [0.1, 0.15) is 16.7 Å². The van der Waals surface area contributed by atoms with Crippen LogP contribution in [0.25, 0.3) is 0 Å². The van der Waals surface area contributed by atoms with Crippen LogP contribution in [-0.4, -0.2) is 32.2 Å². The molecule has 22 heavy (non-hydrogen) atoms. The molecule has 3 nitrogen and oxygen atoms in total. The molecule has 0 spiro atoms. The summed E-state index contributed by atoms with van der Waals surface area (Å²) in [4.78, 5) is 2.66. The van der Waals surface area contributed by atoms with Gasteiger partial charge >= 0.3 is 0 Å². The van der Waals surface area contributed by atoms with Gasteiger partial charge in [-0.25, -0.2) is 8.42 Å². The van der Waals surface area contributed by atoms with Gasteiger partial charge < -0.3 is 0 Å². The molecule has 0 saturated heterocycles. The van der Waals surface area contributed by atoms with Gasteiger partial charge in [0.2, 0.25) is 0 Å². The second-order valence-electron chi connectivity index (χ2n) is 5.93. The first-order chi connectivity index (χ1) is 10.5. The summed E-state index contributed by atoms with van der Waals surface area (Å²) >= 11 is 0. The Morgan fingerprint density at radius 1 is 1.00 bits per heavy atom. The van der Waals surface area contributed by atoms with Crippen molar-refractivity contribution in [1.29, 1.82) is 0 Å². The van der Waals surface area contributed by atoms with Crippen LogP contribution >= 0.6 is 0 Å². The molecule has 1 heterocycles. The van der Waals surface area contributed by atoms with E-state index in [2.05, 4.69) is 23.1 Å². The average molecular weight is 315 g/mol. The highest BCUT2D eigenvalue weighted by Gasteiger charge is 2.19. The summed E-state index contributed by atoms with van der Waals surface area (Å²) in [7, 11) is -3.20. The van der Waals surface area contributed by atoms with Gasteiger partial charge in [0.15, 0.2) is 9.84 Å². The van der Waals surface area contributed by atoms with E-state index in [1.54, 1.807) is 12.1 Å². The first-order valence-corrected chi connectivity index (χ1v) is 9.28. The molecule has 0 N–H and O–H groups in total. The summed E-state index contributed by atoms with van der Waals surface area (Å²) in [6.45, 7) is 4.33. The Kier molecular flexibility index (Phi) is 4.32. The number of hydrogen-bond acceptors (Lipinski definition) is 3. The predicted octanol–water partition coefficient (Wildman–Crippen LogP) is 2.83. The van der Waals surface area contributed by atoms with Gasteiger partial charge in [-0.05, 0) is 36.6 Å². The van der Waals surface area contributed by atoms with E-state index in [0.717, 1.165) is 25.1 Å². The minimum atomic E-state index is -3.20. The number of benzene rings is 2. The maximum atomic E-state index is 12.4. The van der Waals surface area contributed by atoms with Crippen molar-refractivity contribution >= 4 is 9.84 Å². The number of aryl methyl sites for hydroxylation is 1. The minimum absolute atomic E-state index is 0.179. The Bertz CT molecular complexity index is 751. The van der Waals surface area contributed by atoms with E-state index in [-0.39, 0.29) is 5.75 Å². The minimum Gasteiger partial charge on any atom is -0.298 e. The normalized spacial score (nSPS) is 15.5. The molecule has 0 fully saturated rings. The zero-order valence-electron chi connectivity index (χ0n) is 12.8. The molecule has 1 aliphatic rings. The zero-order chi connectivity index (χ0) is 15.6. The number of rotatable bonds is 4. The Labute approximate surface area is 132 Å². The van der Waals surface area contributed by atoms with Gasteiger partial charge in [-0.2, -0.15) is 0 Å². The highest BCUT2D eigenvalue weighted by Crippen LogP contribution is 2.19. The highest BCUT2D eigenvalue weighted by atomic mass is 32.2. The molecule has 0 amide bonds. The van der Waals surface area contributed by atoms with Gasteiger partial charge in [-0.1, -0.05) is 42.0 Å². The molecule has 0 atom stereocenters. The van der Waals surface area contributed by atoms with Gasteiger partial charge in [0.1, 0.15) is 0 Å². The quantitative estimate of drug-likeness (QED) is 0.870. The van der Waals surface area contributed by atoms with Crippen LogP contribution in [0.4, 0.5) is 0 Å². The van der Waals surface area contributed by atoms with Crippen molar-refractivity contribution in [2.75, 3.05) is 18.8 Å². The lowest BCUT2D eigenvalue weighted by atomic mass is 10.0. The molecule has 2 aromatic rings. The Balaban J connectivity index is 1.64. The molecular weight excluding hydrogens is 294 g/mol. The van der Waals surface area contributed by atoms with Gasteiger partial charge in [-0.15, -0.1) is 0 Å². The molecule has 0 bridgehead atoms. The Morgan fingerprint density at radius 3 is 2.41 bits per heavy atom. The van der Waals surface area contributed by atoms with Gasteiger partial charge in [-0.3, -0.25) is 4.90 Å². The summed E-state index contributed by atoms with van der Waals surface area (Å²) < 4.78 is 24.8. The van der Waals surface area contributed by atoms with Crippen molar-refractivity contribution in [2.45, 2.75) is 24.8 Å². The van der Waals surface area contributed by atoms with Crippen molar-refractivity contribution < 1.29 is 8.42 Å². The van der Waals surface area contributed by atoms with Crippen molar-refractivity contribution in [3.63, 3.8) is 0 Å². The summed E-state index contributed by atoms with van der Waals surface area (Å²) in [6.07, 6.45) is 1.00. The number of nitrogens with zero attached hydrogens (tertiary/aromatic N) is 1. The monoisotopic (exact) mass is 315 g/mol.